The van der Waals surface area contributed by atoms with Crippen molar-refractivity contribution >= 4 is 50.1 Å². The molecule has 10 heteroatoms. The summed E-state index contributed by atoms with van der Waals surface area (Å²) in [4.78, 5) is 15.2. The zero-order chi connectivity index (χ0) is 15.7. The number of aromatic amines is 1. The molecule has 0 fully saturated rings. The number of fused-ring (bicyclic) bond motifs is 1. The number of anilines is 3. The van der Waals surface area contributed by atoms with Crippen LogP contribution >= 0.6 is 11.6 Å². The maximum Gasteiger partial charge on any atom is 0.230 e. The molecule has 0 radical (unpaired) electrons. The first-order valence-electron chi connectivity index (χ1n) is 6.12. The fourth-order valence-electron chi connectivity index (χ4n) is 1.82. The van der Waals surface area contributed by atoms with E-state index in [0.29, 0.717) is 28.5 Å². The van der Waals surface area contributed by atoms with E-state index in [4.69, 9.17) is 11.6 Å². The van der Waals surface area contributed by atoms with E-state index in [9.17, 15) is 8.42 Å². The Hall–Kier alpha value is -2.39. The number of imidazole rings is 1. The molecule has 22 heavy (non-hydrogen) atoms. The highest BCUT2D eigenvalue weighted by Gasteiger charge is 2.08. The number of H-pyrrole nitrogens is 1. The van der Waals surface area contributed by atoms with E-state index in [1.165, 1.54) is 6.33 Å². The van der Waals surface area contributed by atoms with Gasteiger partial charge in [-0.2, -0.15) is 9.97 Å². The van der Waals surface area contributed by atoms with Crippen molar-refractivity contribution in [2.24, 2.45) is 0 Å². The van der Waals surface area contributed by atoms with Crippen LogP contribution in [0.25, 0.3) is 11.2 Å². The number of benzene rings is 1. The van der Waals surface area contributed by atoms with Gasteiger partial charge in [-0.1, -0.05) is 11.6 Å². The highest BCUT2D eigenvalue weighted by atomic mass is 35.5. The summed E-state index contributed by atoms with van der Waals surface area (Å²) >= 11 is 6.03. The second kappa shape index (κ2) is 5.43. The van der Waals surface area contributed by atoms with Crippen LogP contribution in [-0.2, 0) is 10.0 Å². The van der Waals surface area contributed by atoms with E-state index in [0.717, 1.165) is 6.26 Å². The lowest BCUT2D eigenvalue weighted by atomic mass is 10.3. The Morgan fingerprint density at radius 3 is 2.50 bits per heavy atom. The fraction of sp³-hybridized carbons (Fsp3) is 0.0833. The minimum Gasteiger partial charge on any atom is -0.341 e. The maximum atomic E-state index is 11.1. The van der Waals surface area contributed by atoms with Crippen LogP contribution in [0.2, 0.25) is 5.15 Å². The number of nitrogens with one attached hydrogen (secondary N) is 3. The summed E-state index contributed by atoms with van der Waals surface area (Å²) < 4.78 is 24.7. The predicted molar refractivity (Wildman–Crippen MR) is 84.9 cm³/mol. The number of nitrogens with zero attached hydrogens (tertiary/aromatic N) is 3. The Morgan fingerprint density at radius 1 is 1.14 bits per heavy atom. The molecule has 0 unspecified atom stereocenters. The molecule has 2 heterocycles. The van der Waals surface area contributed by atoms with Gasteiger partial charge in [0.1, 0.15) is 5.52 Å². The van der Waals surface area contributed by atoms with Gasteiger partial charge >= 0.3 is 0 Å². The first-order valence-corrected chi connectivity index (χ1v) is 8.39. The minimum atomic E-state index is -3.30. The van der Waals surface area contributed by atoms with Gasteiger partial charge in [-0.3, -0.25) is 4.72 Å². The third kappa shape index (κ3) is 3.26. The molecule has 114 valence electrons. The van der Waals surface area contributed by atoms with Crippen LogP contribution in [0.15, 0.2) is 30.6 Å². The quantitative estimate of drug-likeness (QED) is 0.628. The van der Waals surface area contributed by atoms with Crippen LogP contribution in [0.3, 0.4) is 0 Å². The van der Waals surface area contributed by atoms with E-state index in [1.807, 2.05) is 0 Å². The highest BCUT2D eigenvalue weighted by molar-refractivity contribution is 7.92. The van der Waals surface area contributed by atoms with Crippen LogP contribution < -0.4 is 10.0 Å². The molecule has 0 bridgehead atoms. The average molecular weight is 339 g/mol. The van der Waals surface area contributed by atoms with Crippen LogP contribution in [-0.4, -0.2) is 34.6 Å². The van der Waals surface area contributed by atoms with Crippen LogP contribution in [0.1, 0.15) is 0 Å². The minimum absolute atomic E-state index is 0.264. The second-order valence-electron chi connectivity index (χ2n) is 4.52. The smallest absolute Gasteiger partial charge is 0.230 e. The van der Waals surface area contributed by atoms with Crippen molar-refractivity contribution in [3.8, 4) is 0 Å². The molecule has 8 nitrogen and oxygen atoms in total. The molecule has 3 rings (SSSR count). The molecule has 0 spiro atoms. The lowest BCUT2D eigenvalue weighted by Gasteiger charge is -2.07. The van der Waals surface area contributed by atoms with Gasteiger partial charge in [0.25, 0.3) is 0 Å². The van der Waals surface area contributed by atoms with Crippen molar-refractivity contribution in [1.29, 1.82) is 0 Å². The van der Waals surface area contributed by atoms with Gasteiger partial charge < -0.3 is 10.3 Å². The van der Waals surface area contributed by atoms with Gasteiger partial charge in [0.2, 0.25) is 16.0 Å². The van der Waals surface area contributed by atoms with E-state index in [2.05, 4.69) is 30.0 Å². The number of halogens is 1. The zero-order valence-corrected chi connectivity index (χ0v) is 12.9. The van der Waals surface area contributed by atoms with Gasteiger partial charge in [0, 0.05) is 11.4 Å². The third-order valence-corrected chi connectivity index (χ3v) is 3.57. The summed E-state index contributed by atoms with van der Waals surface area (Å²) in [6.07, 6.45) is 2.58. The van der Waals surface area contributed by atoms with Crippen molar-refractivity contribution < 1.29 is 8.42 Å². The lowest BCUT2D eigenvalue weighted by molar-refractivity contribution is 0.607. The van der Waals surface area contributed by atoms with E-state index >= 15 is 0 Å². The average Bonchev–Trinajstić information content (AvgIpc) is 2.88. The molecule has 0 aliphatic heterocycles. The largest absolute Gasteiger partial charge is 0.341 e. The van der Waals surface area contributed by atoms with Gasteiger partial charge in [-0.25, -0.2) is 13.4 Å². The molecule has 0 aliphatic carbocycles. The Morgan fingerprint density at radius 2 is 1.82 bits per heavy atom. The van der Waals surface area contributed by atoms with E-state index < -0.39 is 10.0 Å². The molecule has 0 amide bonds. The molecule has 3 aromatic rings. The summed E-state index contributed by atoms with van der Waals surface area (Å²) in [6, 6.07) is 6.63. The number of sulfonamides is 1. The summed E-state index contributed by atoms with van der Waals surface area (Å²) in [7, 11) is -3.30. The molecule has 0 saturated heterocycles. The van der Waals surface area contributed by atoms with E-state index in [-0.39, 0.29) is 5.15 Å². The molecule has 0 aliphatic rings. The number of aromatic nitrogens is 4. The van der Waals surface area contributed by atoms with Crippen molar-refractivity contribution in [2.45, 2.75) is 0 Å². The van der Waals surface area contributed by atoms with Gasteiger partial charge in [0.15, 0.2) is 10.8 Å². The van der Waals surface area contributed by atoms with Crippen molar-refractivity contribution in [1.82, 2.24) is 19.9 Å². The summed E-state index contributed by atoms with van der Waals surface area (Å²) in [6.45, 7) is 0. The SMILES string of the molecule is CS(=O)(=O)Nc1ccc(Nc2nc(Cl)c3[nH]cnc3n2)cc1. The number of hydrogen-bond acceptors (Lipinski definition) is 6. The number of rotatable bonds is 4. The van der Waals surface area contributed by atoms with Crippen molar-refractivity contribution in [3.05, 3.63) is 35.7 Å². The summed E-state index contributed by atoms with van der Waals surface area (Å²) in [5, 5.41) is 3.24. The third-order valence-electron chi connectivity index (χ3n) is 2.69. The van der Waals surface area contributed by atoms with Crippen LogP contribution in [0.4, 0.5) is 17.3 Å². The molecular weight excluding hydrogens is 328 g/mol. The zero-order valence-electron chi connectivity index (χ0n) is 11.3. The standard InChI is InChI=1S/C12H11ClN6O2S/c1-22(20,21)19-8-4-2-7(3-5-8)16-12-17-10(13)9-11(18-12)15-6-14-9/h2-6,19H,1H3,(H2,14,15,16,17,18). The van der Waals surface area contributed by atoms with Crippen molar-refractivity contribution in [2.75, 3.05) is 16.3 Å². The molecule has 1 aromatic carbocycles. The normalized spacial score (nSPS) is 11.5. The Labute approximate surface area is 131 Å². The molecule has 0 atom stereocenters. The monoisotopic (exact) mass is 338 g/mol. The summed E-state index contributed by atoms with van der Waals surface area (Å²) in [5.41, 5.74) is 2.18. The number of hydrogen-bond donors (Lipinski definition) is 3. The molecule has 3 N–H and O–H groups in total. The Kier molecular flexibility index (Phi) is 3.59. The maximum absolute atomic E-state index is 11.1. The second-order valence-corrected chi connectivity index (χ2v) is 6.62. The molecular formula is C12H11ClN6O2S. The first-order chi connectivity index (χ1) is 10.4. The Bertz CT molecular complexity index is 922. The van der Waals surface area contributed by atoms with Gasteiger partial charge in [0.05, 0.1) is 12.6 Å². The first kappa shape index (κ1) is 14.5. The highest BCUT2D eigenvalue weighted by Crippen LogP contribution is 2.21. The van der Waals surface area contributed by atoms with E-state index in [1.54, 1.807) is 24.3 Å². The predicted octanol–water partition coefficient (Wildman–Crippen LogP) is 2.12. The van der Waals surface area contributed by atoms with Gasteiger partial charge in [-0.05, 0) is 24.3 Å². The lowest BCUT2D eigenvalue weighted by Crippen LogP contribution is -2.09. The van der Waals surface area contributed by atoms with Crippen LogP contribution in [0.5, 0.6) is 0 Å². The summed E-state index contributed by atoms with van der Waals surface area (Å²) in [5.74, 6) is 0.299. The fourth-order valence-corrected chi connectivity index (χ4v) is 2.60. The van der Waals surface area contributed by atoms with Gasteiger partial charge in [-0.15, -0.1) is 0 Å². The topological polar surface area (TPSA) is 113 Å². The molecule has 2 aromatic heterocycles. The molecule has 0 saturated carbocycles. The van der Waals surface area contributed by atoms with Crippen molar-refractivity contribution in [3.63, 3.8) is 0 Å². The van der Waals surface area contributed by atoms with Crippen LogP contribution in [0, 0.1) is 0 Å². The Balaban J connectivity index is 1.82.